The third-order valence-electron chi connectivity index (χ3n) is 3.61. The summed E-state index contributed by atoms with van der Waals surface area (Å²) >= 11 is 1.83. The van der Waals surface area contributed by atoms with Crippen LogP contribution in [0.4, 0.5) is 5.00 Å². The van der Waals surface area contributed by atoms with Gasteiger partial charge in [-0.2, -0.15) is 0 Å². The van der Waals surface area contributed by atoms with Gasteiger partial charge in [0.05, 0.1) is 5.00 Å². The molecule has 1 aliphatic heterocycles. The van der Waals surface area contributed by atoms with Crippen molar-refractivity contribution in [2.75, 3.05) is 31.1 Å². The first-order valence-corrected chi connectivity index (χ1v) is 8.90. The number of thiophene rings is 1. The van der Waals surface area contributed by atoms with E-state index in [4.69, 9.17) is 0 Å². The van der Waals surface area contributed by atoms with E-state index >= 15 is 0 Å². The maximum absolute atomic E-state index is 4.66. The van der Waals surface area contributed by atoms with Gasteiger partial charge in [-0.25, -0.2) is 0 Å². The Kier molecular flexibility index (Phi) is 6.36. The lowest BCUT2D eigenvalue weighted by Gasteiger charge is -2.33. The van der Waals surface area contributed by atoms with Gasteiger partial charge in [0.1, 0.15) is 0 Å². The van der Waals surface area contributed by atoms with Gasteiger partial charge in [0, 0.05) is 32.2 Å². The van der Waals surface area contributed by atoms with Crippen molar-refractivity contribution in [2.24, 2.45) is 10.9 Å². The van der Waals surface area contributed by atoms with E-state index in [1.807, 2.05) is 11.3 Å². The third-order valence-corrected chi connectivity index (χ3v) is 4.54. The average Bonchev–Trinajstić information content (AvgIpc) is 3.00. The molecule has 0 unspecified atom stereocenters. The van der Waals surface area contributed by atoms with Crippen LogP contribution in [0.2, 0.25) is 0 Å². The van der Waals surface area contributed by atoms with Crippen molar-refractivity contribution in [3.8, 4) is 0 Å². The molecule has 0 amide bonds. The van der Waals surface area contributed by atoms with Crippen LogP contribution in [0.1, 0.15) is 33.6 Å². The van der Waals surface area contributed by atoms with E-state index in [-0.39, 0.29) is 0 Å². The summed E-state index contributed by atoms with van der Waals surface area (Å²) < 4.78 is 0. The SMILES string of the molecule is CCNC(=NCC(C)C)NC1CCN(c2cccs2)CC1. The Bertz CT molecular complexity index is 419. The van der Waals surface area contributed by atoms with Crippen molar-refractivity contribution in [3.63, 3.8) is 0 Å². The van der Waals surface area contributed by atoms with E-state index in [1.54, 1.807) is 0 Å². The normalized spacial score (nSPS) is 17.3. The predicted molar refractivity (Wildman–Crippen MR) is 93.5 cm³/mol. The molecule has 0 saturated carbocycles. The van der Waals surface area contributed by atoms with Crippen LogP contribution >= 0.6 is 11.3 Å². The number of nitrogens with one attached hydrogen (secondary N) is 2. The predicted octanol–water partition coefficient (Wildman–Crippen LogP) is 2.93. The van der Waals surface area contributed by atoms with Gasteiger partial charge in [-0.1, -0.05) is 13.8 Å². The van der Waals surface area contributed by atoms with Crippen molar-refractivity contribution in [3.05, 3.63) is 17.5 Å². The van der Waals surface area contributed by atoms with Crippen LogP contribution in [-0.2, 0) is 0 Å². The third kappa shape index (κ3) is 5.23. The molecule has 1 aromatic heterocycles. The molecule has 1 saturated heterocycles. The Balaban J connectivity index is 1.82. The van der Waals surface area contributed by atoms with E-state index in [0.717, 1.165) is 32.1 Å². The van der Waals surface area contributed by atoms with Crippen LogP contribution in [0.25, 0.3) is 0 Å². The number of rotatable bonds is 5. The Morgan fingerprint density at radius 3 is 2.76 bits per heavy atom. The lowest BCUT2D eigenvalue weighted by molar-refractivity contribution is 0.462. The number of anilines is 1. The van der Waals surface area contributed by atoms with Crippen molar-refractivity contribution >= 4 is 22.3 Å². The van der Waals surface area contributed by atoms with Crippen LogP contribution in [0.5, 0.6) is 0 Å². The molecule has 118 valence electrons. The highest BCUT2D eigenvalue weighted by atomic mass is 32.1. The molecule has 0 aromatic carbocycles. The molecule has 1 aromatic rings. The van der Waals surface area contributed by atoms with Crippen molar-refractivity contribution in [2.45, 2.75) is 39.7 Å². The monoisotopic (exact) mass is 308 g/mol. The summed E-state index contributed by atoms with van der Waals surface area (Å²) in [5.41, 5.74) is 0. The molecule has 0 spiro atoms. The molecule has 21 heavy (non-hydrogen) atoms. The Labute approximate surface area is 132 Å². The summed E-state index contributed by atoms with van der Waals surface area (Å²) in [7, 11) is 0. The zero-order chi connectivity index (χ0) is 15.1. The Morgan fingerprint density at radius 2 is 2.19 bits per heavy atom. The molecule has 2 rings (SSSR count). The summed E-state index contributed by atoms with van der Waals surface area (Å²) in [4.78, 5) is 7.15. The van der Waals surface area contributed by atoms with E-state index in [1.165, 1.54) is 17.8 Å². The lowest BCUT2D eigenvalue weighted by atomic mass is 10.1. The smallest absolute Gasteiger partial charge is 0.191 e. The summed E-state index contributed by atoms with van der Waals surface area (Å²) in [6.07, 6.45) is 2.34. The number of hydrogen-bond acceptors (Lipinski definition) is 3. The summed E-state index contributed by atoms with van der Waals surface area (Å²) in [5, 5.41) is 10.5. The minimum atomic E-state index is 0.533. The van der Waals surface area contributed by atoms with Gasteiger partial charge in [-0.05, 0) is 43.2 Å². The average molecular weight is 308 g/mol. The van der Waals surface area contributed by atoms with E-state index in [0.29, 0.717) is 12.0 Å². The van der Waals surface area contributed by atoms with Crippen molar-refractivity contribution in [1.29, 1.82) is 0 Å². The first kappa shape index (κ1) is 16.1. The fourth-order valence-electron chi connectivity index (χ4n) is 2.48. The minimum Gasteiger partial charge on any atom is -0.363 e. The van der Waals surface area contributed by atoms with Crippen LogP contribution in [0.15, 0.2) is 22.5 Å². The second-order valence-electron chi connectivity index (χ2n) is 5.97. The van der Waals surface area contributed by atoms with Crippen LogP contribution < -0.4 is 15.5 Å². The van der Waals surface area contributed by atoms with Gasteiger partial charge in [0.15, 0.2) is 5.96 Å². The molecule has 1 fully saturated rings. The van der Waals surface area contributed by atoms with Crippen LogP contribution in [0, 0.1) is 5.92 Å². The second-order valence-corrected chi connectivity index (χ2v) is 6.90. The summed E-state index contributed by atoms with van der Waals surface area (Å²) in [5.74, 6) is 1.57. The minimum absolute atomic E-state index is 0.533. The molecule has 0 radical (unpaired) electrons. The highest BCUT2D eigenvalue weighted by molar-refractivity contribution is 7.14. The Hall–Kier alpha value is -1.23. The first-order chi connectivity index (χ1) is 10.2. The number of piperidine rings is 1. The lowest BCUT2D eigenvalue weighted by Crippen LogP contribution is -2.48. The molecule has 0 atom stereocenters. The molecular formula is C16H28N4S. The zero-order valence-electron chi connectivity index (χ0n) is 13.4. The first-order valence-electron chi connectivity index (χ1n) is 8.02. The van der Waals surface area contributed by atoms with Crippen LogP contribution in [0.3, 0.4) is 0 Å². The molecule has 4 nitrogen and oxygen atoms in total. The number of nitrogens with zero attached hydrogens (tertiary/aromatic N) is 2. The second kappa shape index (κ2) is 8.27. The fraction of sp³-hybridized carbons (Fsp3) is 0.688. The van der Waals surface area contributed by atoms with Crippen molar-refractivity contribution in [1.82, 2.24) is 10.6 Å². The molecule has 5 heteroatoms. The molecular weight excluding hydrogens is 280 g/mol. The topological polar surface area (TPSA) is 39.7 Å². The van der Waals surface area contributed by atoms with E-state index < -0.39 is 0 Å². The molecule has 2 N–H and O–H groups in total. The van der Waals surface area contributed by atoms with Gasteiger partial charge < -0.3 is 15.5 Å². The summed E-state index contributed by atoms with van der Waals surface area (Å²) in [6.45, 7) is 10.6. The largest absolute Gasteiger partial charge is 0.363 e. The highest BCUT2D eigenvalue weighted by Crippen LogP contribution is 2.24. The maximum atomic E-state index is 4.66. The number of guanidine groups is 1. The van der Waals surface area contributed by atoms with Gasteiger partial charge in [0.2, 0.25) is 0 Å². The van der Waals surface area contributed by atoms with Gasteiger partial charge in [0.25, 0.3) is 0 Å². The fourth-order valence-corrected chi connectivity index (χ4v) is 3.27. The molecule has 0 aliphatic carbocycles. The molecule has 0 bridgehead atoms. The highest BCUT2D eigenvalue weighted by Gasteiger charge is 2.20. The van der Waals surface area contributed by atoms with Gasteiger partial charge >= 0.3 is 0 Å². The number of aliphatic imine (C=N–C) groups is 1. The van der Waals surface area contributed by atoms with Crippen LogP contribution in [-0.4, -0.2) is 38.2 Å². The maximum Gasteiger partial charge on any atom is 0.191 e. The quantitative estimate of drug-likeness (QED) is 0.649. The number of hydrogen-bond donors (Lipinski definition) is 2. The summed E-state index contributed by atoms with van der Waals surface area (Å²) in [6, 6.07) is 4.88. The van der Waals surface area contributed by atoms with Crippen molar-refractivity contribution < 1.29 is 0 Å². The van der Waals surface area contributed by atoms with Gasteiger partial charge in [-0.3, -0.25) is 4.99 Å². The van der Waals surface area contributed by atoms with Gasteiger partial charge in [-0.15, -0.1) is 11.3 Å². The molecule has 2 heterocycles. The zero-order valence-corrected chi connectivity index (χ0v) is 14.2. The standard InChI is InChI=1S/C16H28N4S/c1-4-17-16(18-12-13(2)3)19-14-7-9-20(10-8-14)15-6-5-11-21-15/h5-6,11,13-14H,4,7-10,12H2,1-3H3,(H2,17,18,19). The van der Waals surface area contributed by atoms with E-state index in [2.05, 4.69) is 58.8 Å². The molecule has 1 aliphatic rings. The Morgan fingerprint density at radius 1 is 1.43 bits per heavy atom. The van der Waals surface area contributed by atoms with E-state index in [9.17, 15) is 0 Å².